The molecule has 0 aliphatic heterocycles. The number of hydrogen-bond acceptors (Lipinski definition) is 1. The third-order valence-corrected chi connectivity index (χ3v) is 2.33. The van der Waals surface area contributed by atoms with Crippen LogP contribution in [0.2, 0.25) is 0 Å². The number of aliphatic hydroxyl groups excluding tert-OH is 1. The van der Waals surface area contributed by atoms with Crippen molar-refractivity contribution in [2.24, 2.45) is 0 Å². The van der Waals surface area contributed by atoms with Crippen LogP contribution in [0.4, 0.5) is 4.39 Å². The molecule has 0 aromatic heterocycles. The summed E-state index contributed by atoms with van der Waals surface area (Å²) >= 11 is 0. The molecule has 0 spiro atoms. The largest absolute Gasteiger partial charge is 0.513 e. The molecule has 0 saturated heterocycles. The molecule has 0 unspecified atom stereocenters. The molecule has 0 amide bonds. The monoisotopic (exact) mass is 202 g/mol. The van der Waals surface area contributed by atoms with Gasteiger partial charge in [-0.1, -0.05) is 42.5 Å². The predicted molar refractivity (Wildman–Crippen MR) is 59.5 cm³/mol. The Hall–Kier alpha value is -1.83. The quantitative estimate of drug-likeness (QED) is 0.735. The highest BCUT2D eigenvalue weighted by Crippen LogP contribution is 2.17. The van der Waals surface area contributed by atoms with Gasteiger partial charge in [-0.05, 0) is 16.3 Å². The van der Waals surface area contributed by atoms with Gasteiger partial charge < -0.3 is 5.11 Å². The molecule has 2 aromatic rings. The van der Waals surface area contributed by atoms with E-state index < -0.39 is 5.83 Å². The van der Waals surface area contributed by atoms with Crippen molar-refractivity contribution >= 4 is 10.8 Å². The van der Waals surface area contributed by atoms with Crippen LogP contribution >= 0.6 is 0 Å². The van der Waals surface area contributed by atoms with E-state index >= 15 is 0 Å². The van der Waals surface area contributed by atoms with Crippen LogP contribution in [0.1, 0.15) is 5.56 Å². The number of allylic oxidation sites excluding steroid dienone is 1. The first kappa shape index (κ1) is 9.71. The zero-order chi connectivity index (χ0) is 10.7. The molecule has 2 heteroatoms. The highest BCUT2D eigenvalue weighted by atomic mass is 19.1. The first-order chi connectivity index (χ1) is 7.29. The van der Waals surface area contributed by atoms with E-state index in [1.807, 2.05) is 42.5 Å². The lowest BCUT2D eigenvalue weighted by Crippen LogP contribution is -1.85. The average Bonchev–Trinajstić information content (AvgIpc) is 2.29. The standard InChI is InChI=1S/C13H11FO/c14-13(9-15)8-10-5-6-11-3-1-2-4-12(11)7-10/h1-7,9,15H,8H2/b13-9-. The molecule has 0 saturated carbocycles. The summed E-state index contributed by atoms with van der Waals surface area (Å²) in [7, 11) is 0. The second-order valence-corrected chi connectivity index (χ2v) is 3.43. The van der Waals surface area contributed by atoms with Crippen LogP contribution in [-0.2, 0) is 6.42 Å². The summed E-state index contributed by atoms with van der Waals surface area (Å²) in [5.74, 6) is -0.523. The van der Waals surface area contributed by atoms with Gasteiger partial charge in [0.25, 0.3) is 0 Å². The molecule has 2 rings (SSSR count). The van der Waals surface area contributed by atoms with Gasteiger partial charge in [-0.15, -0.1) is 0 Å². The Labute approximate surface area is 87.5 Å². The number of rotatable bonds is 2. The fourth-order valence-electron chi connectivity index (χ4n) is 1.59. The highest BCUT2D eigenvalue weighted by Gasteiger charge is 1.99. The van der Waals surface area contributed by atoms with Crippen molar-refractivity contribution in [3.8, 4) is 0 Å². The second kappa shape index (κ2) is 4.13. The van der Waals surface area contributed by atoms with Crippen LogP contribution in [0.5, 0.6) is 0 Å². The van der Waals surface area contributed by atoms with Crippen LogP contribution in [0.15, 0.2) is 54.6 Å². The Bertz CT molecular complexity index is 503. The molecule has 0 radical (unpaired) electrons. The Balaban J connectivity index is 2.39. The summed E-state index contributed by atoms with van der Waals surface area (Å²) in [6.45, 7) is 0. The van der Waals surface area contributed by atoms with E-state index in [2.05, 4.69) is 0 Å². The van der Waals surface area contributed by atoms with Gasteiger partial charge in [0.1, 0.15) is 12.1 Å². The SMILES string of the molecule is O/C=C(\F)Cc1ccc2ccccc2c1. The third kappa shape index (κ3) is 2.15. The normalized spacial score (nSPS) is 11.9. The number of aliphatic hydroxyl groups is 1. The number of fused-ring (bicyclic) bond motifs is 1. The van der Waals surface area contributed by atoms with Gasteiger partial charge in [0.15, 0.2) is 0 Å². The van der Waals surface area contributed by atoms with Gasteiger partial charge in [-0.3, -0.25) is 0 Å². The van der Waals surface area contributed by atoms with Gasteiger partial charge in [0.2, 0.25) is 0 Å². The molecule has 76 valence electrons. The Morgan fingerprint density at radius 2 is 1.87 bits per heavy atom. The second-order valence-electron chi connectivity index (χ2n) is 3.43. The van der Waals surface area contributed by atoms with E-state index in [1.54, 1.807) is 0 Å². The lowest BCUT2D eigenvalue weighted by atomic mass is 10.1. The van der Waals surface area contributed by atoms with Crippen molar-refractivity contribution in [1.82, 2.24) is 0 Å². The van der Waals surface area contributed by atoms with Gasteiger partial charge >= 0.3 is 0 Å². The minimum absolute atomic E-state index is 0.140. The van der Waals surface area contributed by atoms with Crippen molar-refractivity contribution in [2.75, 3.05) is 0 Å². The van der Waals surface area contributed by atoms with Crippen LogP contribution in [0.3, 0.4) is 0 Å². The van der Waals surface area contributed by atoms with Gasteiger partial charge in [0.05, 0.1) is 0 Å². The molecule has 0 aliphatic rings. The molecular weight excluding hydrogens is 191 g/mol. The predicted octanol–water partition coefficient (Wildman–Crippen LogP) is 3.75. The number of hydrogen-bond donors (Lipinski definition) is 1. The van der Waals surface area contributed by atoms with E-state index in [1.165, 1.54) is 0 Å². The molecule has 1 N–H and O–H groups in total. The highest BCUT2D eigenvalue weighted by molar-refractivity contribution is 5.83. The molecule has 0 bridgehead atoms. The summed E-state index contributed by atoms with van der Waals surface area (Å²) in [6, 6.07) is 13.7. The van der Waals surface area contributed by atoms with Gasteiger partial charge in [-0.2, -0.15) is 0 Å². The van der Waals surface area contributed by atoms with E-state index in [0.717, 1.165) is 16.3 Å². The van der Waals surface area contributed by atoms with Crippen LogP contribution in [-0.4, -0.2) is 5.11 Å². The molecule has 0 fully saturated rings. The van der Waals surface area contributed by atoms with Crippen LogP contribution < -0.4 is 0 Å². The topological polar surface area (TPSA) is 20.2 Å². The van der Waals surface area contributed by atoms with E-state index in [-0.39, 0.29) is 6.42 Å². The van der Waals surface area contributed by atoms with Gasteiger partial charge in [-0.25, -0.2) is 4.39 Å². The molecule has 0 aliphatic carbocycles. The fraction of sp³-hybridized carbons (Fsp3) is 0.0769. The van der Waals surface area contributed by atoms with Crippen molar-refractivity contribution < 1.29 is 9.50 Å². The molecule has 1 nitrogen and oxygen atoms in total. The first-order valence-electron chi connectivity index (χ1n) is 4.76. The van der Waals surface area contributed by atoms with Crippen LogP contribution in [0, 0.1) is 0 Å². The summed E-state index contributed by atoms with van der Waals surface area (Å²) in [5, 5.41) is 10.7. The summed E-state index contributed by atoms with van der Waals surface area (Å²) < 4.78 is 12.8. The fourth-order valence-corrected chi connectivity index (χ4v) is 1.59. The molecule has 2 aromatic carbocycles. The molecule has 0 atom stereocenters. The summed E-state index contributed by atoms with van der Waals surface area (Å²) in [4.78, 5) is 0. The van der Waals surface area contributed by atoms with Crippen molar-refractivity contribution in [3.05, 3.63) is 60.1 Å². The number of halogens is 1. The van der Waals surface area contributed by atoms with Crippen LogP contribution in [0.25, 0.3) is 10.8 Å². The van der Waals surface area contributed by atoms with E-state index in [4.69, 9.17) is 5.11 Å². The van der Waals surface area contributed by atoms with Crippen molar-refractivity contribution in [3.63, 3.8) is 0 Å². The zero-order valence-corrected chi connectivity index (χ0v) is 8.15. The maximum Gasteiger partial charge on any atom is 0.138 e. The third-order valence-electron chi connectivity index (χ3n) is 2.33. The van der Waals surface area contributed by atoms with Crippen molar-refractivity contribution in [1.29, 1.82) is 0 Å². The summed E-state index contributed by atoms with van der Waals surface area (Å²) in [5.41, 5.74) is 0.858. The Morgan fingerprint density at radius 1 is 1.13 bits per heavy atom. The van der Waals surface area contributed by atoms with E-state index in [9.17, 15) is 4.39 Å². The zero-order valence-electron chi connectivity index (χ0n) is 8.15. The van der Waals surface area contributed by atoms with E-state index in [0.29, 0.717) is 6.26 Å². The minimum Gasteiger partial charge on any atom is -0.513 e. The molecule has 15 heavy (non-hydrogen) atoms. The van der Waals surface area contributed by atoms with Gasteiger partial charge in [0, 0.05) is 6.42 Å². The first-order valence-corrected chi connectivity index (χ1v) is 4.76. The molecular formula is C13H11FO. The Morgan fingerprint density at radius 3 is 2.60 bits per heavy atom. The lowest BCUT2D eigenvalue weighted by Gasteiger charge is -2.01. The average molecular weight is 202 g/mol. The maximum atomic E-state index is 12.8. The number of benzene rings is 2. The smallest absolute Gasteiger partial charge is 0.138 e. The van der Waals surface area contributed by atoms with Crippen molar-refractivity contribution in [2.45, 2.75) is 6.42 Å². The maximum absolute atomic E-state index is 12.8. The minimum atomic E-state index is -0.523. The lowest BCUT2D eigenvalue weighted by molar-refractivity contribution is 0.435. The summed E-state index contributed by atoms with van der Waals surface area (Å²) in [6.07, 6.45) is 0.649. The Kier molecular flexibility index (Phi) is 2.68. The molecule has 0 heterocycles.